The van der Waals surface area contributed by atoms with Crippen molar-refractivity contribution in [2.75, 3.05) is 57.5 Å². The van der Waals surface area contributed by atoms with Gasteiger partial charge < -0.3 is 25.0 Å². The molecule has 0 aromatic heterocycles. The Kier molecular flexibility index (Phi) is 11.7. The lowest BCUT2D eigenvalue weighted by atomic mass is 10.1. The Labute approximate surface area is 187 Å². The van der Waals surface area contributed by atoms with Crippen LogP contribution in [0.15, 0.2) is 23.2 Å². The Hall–Kier alpha value is -1.27. The molecule has 1 aromatic carbocycles. The number of anilines is 1. The highest BCUT2D eigenvalue weighted by atomic mass is 127. The molecule has 6 nitrogen and oxygen atoms in total. The van der Waals surface area contributed by atoms with Gasteiger partial charge in [-0.25, -0.2) is 4.99 Å². The van der Waals surface area contributed by atoms with Gasteiger partial charge in [0.2, 0.25) is 0 Å². The lowest BCUT2D eigenvalue weighted by molar-refractivity contribution is -0.138. The second-order valence-corrected chi connectivity index (χ2v) is 6.26. The smallest absolute Gasteiger partial charge is 0.380 e. The highest BCUT2D eigenvalue weighted by Crippen LogP contribution is 2.35. The molecule has 1 aromatic rings. The predicted octanol–water partition coefficient (Wildman–Crippen LogP) is 3.25. The Morgan fingerprint density at radius 2 is 1.93 bits per heavy atom. The van der Waals surface area contributed by atoms with Crippen molar-refractivity contribution in [3.63, 3.8) is 0 Å². The topological polar surface area (TPSA) is 58.1 Å². The van der Waals surface area contributed by atoms with Crippen molar-refractivity contribution in [1.29, 1.82) is 0 Å². The van der Waals surface area contributed by atoms with Gasteiger partial charge in [-0.1, -0.05) is 6.07 Å². The van der Waals surface area contributed by atoms with Crippen LogP contribution in [0.3, 0.4) is 0 Å². The average molecular weight is 530 g/mol. The van der Waals surface area contributed by atoms with E-state index in [-0.39, 0.29) is 36.1 Å². The van der Waals surface area contributed by atoms with E-state index >= 15 is 0 Å². The highest BCUT2D eigenvalue weighted by molar-refractivity contribution is 14.0. The summed E-state index contributed by atoms with van der Waals surface area (Å²) in [6.07, 6.45) is -4.44. The number of nitrogens with zero attached hydrogens (tertiary/aromatic N) is 2. The van der Waals surface area contributed by atoms with E-state index in [9.17, 15) is 13.2 Å². The Bertz CT molecular complexity index is 638. The zero-order chi connectivity index (χ0) is 20.4. The summed E-state index contributed by atoms with van der Waals surface area (Å²) in [5.74, 6) is 0.465. The number of nitrogens with one attached hydrogen (secondary N) is 2. The zero-order valence-corrected chi connectivity index (χ0v) is 19.2. The number of aliphatic imine (C=N–C) groups is 1. The van der Waals surface area contributed by atoms with Gasteiger partial charge in [0.25, 0.3) is 0 Å². The fourth-order valence-electron chi connectivity index (χ4n) is 2.88. The van der Waals surface area contributed by atoms with Gasteiger partial charge in [-0.3, -0.25) is 0 Å². The van der Waals surface area contributed by atoms with Gasteiger partial charge in [0.15, 0.2) is 5.96 Å². The van der Waals surface area contributed by atoms with E-state index in [0.717, 1.165) is 0 Å². The quantitative estimate of drug-likeness (QED) is 0.234. The van der Waals surface area contributed by atoms with Crippen LogP contribution in [-0.4, -0.2) is 58.6 Å². The molecule has 10 heteroatoms. The first kappa shape index (κ1) is 25.8. The molecule has 166 valence electrons. The van der Waals surface area contributed by atoms with Crippen LogP contribution in [-0.2, 0) is 22.2 Å². The monoisotopic (exact) mass is 530 g/mol. The number of guanidine groups is 1. The van der Waals surface area contributed by atoms with Crippen molar-refractivity contribution in [2.45, 2.75) is 26.6 Å². The minimum atomic E-state index is -4.44. The number of rotatable bonds is 8. The number of hydrogen-bond acceptors (Lipinski definition) is 4. The summed E-state index contributed by atoms with van der Waals surface area (Å²) in [6.45, 7) is 8.21. The van der Waals surface area contributed by atoms with Gasteiger partial charge in [0, 0.05) is 38.5 Å². The molecule has 0 bridgehead atoms. The molecule has 0 radical (unpaired) electrons. The Morgan fingerprint density at radius 1 is 1.21 bits per heavy atom. The van der Waals surface area contributed by atoms with Gasteiger partial charge in [-0.05, 0) is 31.5 Å². The molecule has 0 atom stereocenters. The number of ether oxygens (including phenoxy) is 2. The van der Waals surface area contributed by atoms with Crippen LogP contribution < -0.4 is 15.5 Å². The van der Waals surface area contributed by atoms with Crippen LogP contribution in [0.2, 0.25) is 0 Å². The fraction of sp³-hybridized carbons (Fsp3) is 0.632. The third-order valence-corrected chi connectivity index (χ3v) is 4.27. The van der Waals surface area contributed by atoms with E-state index in [0.29, 0.717) is 64.3 Å². The maximum absolute atomic E-state index is 13.6. The molecule has 0 amide bonds. The average Bonchev–Trinajstić information content (AvgIpc) is 2.69. The molecule has 1 heterocycles. The highest BCUT2D eigenvalue weighted by Gasteiger charge is 2.34. The van der Waals surface area contributed by atoms with Crippen LogP contribution in [0, 0.1) is 0 Å². The lowest BCUT2D eigenvalue weighted by Gasteiger charge is -2.29. The fourth-order valence-corrected chi connectivity index (χ4v) is 2.88. The summed E-state index contributed by atoms with van der Waals surface area (Å²) >= 11 is 0. The summed E-state index contributed by atoms with van der Waals surface area (Å²) in [7, 11) is 0. The molecule has 1 aliphatic rings. The van der Waals surface area contributed by atoms with Crippen molar-refractivity contribution in [3.8, 4) is 0 Å². The first-order valence-electron chi connectivity index (χ1n) is 9.58. The van der Waals surface area contributed by atoms with Crippen LogP contribution >= 0.6 is 24.0 Å². The summed E-state index contributed by atoms with van der Waals surface area (Å²) < 4.78 is 51.4. The number of halogens is 4. The largest absolute Gasteiger partial charge is 0.416 e. The second kappa shape index (κ2) is 13.1. The SMILES string of the molecule is CCNC(=NCc1ccc(N2CCOCC2)cc1C(F)(F)F)NCCOCC.I. The molecule has 1 aliphatic heterocycles. The van der Waals surface area contributed by atoms with Gasteiger partial charge in [-0.15, -0.1) is 24.0 Å². The van der Waals surface area contributed by atoms with Gasteiger partial charge in [-0.2, -0.15) is 13.2 Å². The van der Waals surface area contributed by atoms with Crippen LogP contribution in [0.5, 0.6) is 0 Å². The minimum absolute atomic E-state index is 0. The van der Waals surface area contributed by atoms with Gasteiger partial charge >= 0.3 is 6.18 Å². The number of benzene rings is 1. The molecule has 0 aliphatic carbocycles. The molecule has 1 fully saturated rings. The second-order valence-electron chi connectivity index (χ2n) is 6.26. The molecule has 0 spiro atoms. The molecule has 0 unspecified atom stereocenters. The predicted molar refractivity (Wildman–Crippen MR) is 119 cm³/mol. The van der Waals surface area contributed by atoms with Crippen molar-refractivity contribution in [2.24, 2.45) is 4.99 Å². The number of alkyl halides is 3. The lowest BCUT2D eigenvalue weighted by Crippen LogP contribution is -2.39. The Balaban J connectivity index is 0.00000420. The zero-order valence-electron chi connectivity index (χ0n) is 16.8. The summed E-state index contributed by atoms with van der Waals surface area (Å²) in [5, 5.41) is 6.09. The molecular formula is C19H30F3IN4O2. The Morgan fingerprint density at radius 3 is 2.55 bits per heavy atom. The summed E-state index contributed by atoms with van der Waals surface area (Å²) in [6, 6.07) is 4.45. The summed E-state index contributed by atoms with van der Waals surface area (Å²) in [5.41, 5.74) is 0.0574. The summed E-state index contributed by atoms with van der Waals surface area (Å²) in [4.78, 5) is 6.21. The number of hydrogen-bond donors (Lipinski definition) is 2. The van der Waals surface area contributed by atoms with Crippen molar-refractivity contribution in [3.05, 3.63) is 29.3 Å². The van der Waals surface area contributed by atoms with E-state index in [4.69, 9.17) is 9.47 Å². The van der Waals surface area contributed by atoms with Gasteiger partial charge in [0.05, 0.1) is 31.9 Å². The van der Waals surface area contributed by atoms with E-state index < -0.39 is 11.7 Å². The van der Waals surface area contributed by atoms with Gasteiger partial charge in [0.1, 0.15) is 0 Å². The first-order valence-corrected chi connectivity index (χ1v) is 9.58. The first-order chi connectivity index (χ1) is 13.5. The molecule has 2 rings (SSSR count). The number of morpholine rings is 1. The van der Waals surface area contributed by atoms with E-state index in [1.165, 1.54) is 12.1 Å². The minimum Gasteiger partial charge on any atom is -0.380 e. The molecular weight excluding hydrogens is 500 g/mol. The van der Waals surface area contributed by atoms with E-state index in [1.54, 1.807) is 6.07 Å². The van der Waals surface area contributed by atoms with Crippen molar-refractivity contribution < 1.29 is 22.6 Å². The van der Waals surface area contributed by atoms with Crippen LogP contribution in [0.1, 0.15) is 25.0 Å². The van der Waals surface area contributed by atoms with Crippen LogP contribution in [0.4, 0.5) is 18.9 Å². The normalized spacial score (nSPS) is 15.1. The molecule has 1 saturated heterocycles. The third kappa shape index (κ3) is 8.55. The van der Waals surface area contributed by atoms with Crippen LogP contribution in [0.25, 0.3) is 0 Å². The van der Waals surface area contributed by atoms with Crippen molar-refractivity contribution >= 4 is 35.6 Å². The maximum Gasteiger partial charge on any atom is 0.416 e. The van der Waals surface area contributed by atoms with Crippen molar-refractivity contribution in [1.82, 2.24) is 10.6 Å². The third-order valence-electron chi connectivity index (χ3n) is 4.27. The molecule has 29 heavy (non-hydrogen) atoms. The molecule has 2 N–H and O–H groups in total. The maximum atomic E-state index is 13.6. The van der Waals surface area contributed by atoms with E-state index in [2.05, 4.69) is 15.6 Å². The van der Waals surface area contributed by atoms with E-state index in [1.807, 2.05) is 18.7 Å². The standard InChI is InChI=1S/C19H29F3N4O2.HI/c1-3-23-18(24-7-10-27-4-2)25-14-15-5-6-16(13-17(15)19(20,21)22)26-8-11-28-12-9-26;/h5-6,13H,3-4,7-12,14H2,1-2H3,(H2,23,24,25);1H. The molecule has 0 saturated carbocycles.